The maximum Gasteiger partial charge on any atom is 0.121 e. The first-order valence-electron chi connectivity index (χ1n) is 5.47. The van der Waals surface area contributed by atoms with E-state index in [9.17, 15) is 0 Å². The molecule has 19 heavy (non-hydrogen) atoms. The average molecular weight is 407 g/mol. The lowest BCUT2D eigenvalue weighted by molar-refractivity contribution is 0.415. The van der Waals surface area contributed by atoms with Gasteiger partial charge in [-0.05, 0) is 50.1 Å². The Bertz CT molecular complexity index is 593. The number of methoxy groups -OCH3 is 1. The standard InChI is InChI=1S/C13H11Br2ClN2O/c1-19-9-2-3-11(16)12(5-9)18-7-13-10(15)4-8(14)6-17-13/h2-6,18H,7H2,1H3. The molecule has 2 aromatic rings. The first kappa shape index (κ1) is 14.6. The fraction of sp³-hybridized carbons (Fsp3) is 0.154. The molecule has 2 rings (SSSR count). The second-order valence-electron chi connectivity index (χ2n) is 3.78. The Morgan fingerprint density at radius 2 is 2.11 bits per heavy atom. The highest BCUT2D eigenvalue weighted by molar-refractivity contribution is 9.11. The van der Waals surface area contributed by atoms with Crippen molar-refractivity contribution in [2.45, 2.75) is 6.54 Å². The molecule has 0 aliphatic heterocycles. The van der Waals surface area contributed by atoms with Gasteiger partial charge in [0.1, 0.15) is 5.75 Å². The van der Waals surface area contributed by atoms with Crippen LogP contribution in [0.2, 0.25) is 5.02 Å². The fourth-order valence-corrected chi connectivity index (χ4v) is 2.83. The van der Waals surface area contributed by atoms with Gasteiger partial charge in [0.2, 0.25) is 0 Å². The molecule has 0 amide bonds. The summed E-state index contributed by atoms with van der Waals surface area (Å²) in [6.07, 6.45) is 1.76. The van der Waals surface area contributed by atoms with Crippen LogP contribution < -0.4 is 10.1 Å². The smallest absolute Gasteiger partial charge is 0.121 e. The van der Waals surface area contributed by atoms with Crippen molar-refractivity contribution in [3.63, 3.8) is 0 Å². The van der Waals surface area contributed by atoms with E-state index in [1.807, 2.05) is 18.2 Å². The van der Waals surface area contributed by atoms with E-state index in [-0.39, 0.29) is 0 Å². The van der Waals surface area contributed by atoms with Crippen LogP contribution in [0.15, 0.2) is 39.4 Å². The zero-order valence-corrected chi connectivity index (χ0v) is 14.0. The Morgan fingerprint density at radius 1 is 1.32 bits per heavy atom. The lowest BCUT2D eigenvalue weighted by Gasteiger charge is -2.10. The van der Waals surface area contributed by atoms with Crippen molar-refractivity contribution in [2.24, 2.45) is 0 Å². The highest BCUT2D eigenvalue weighted by Gasteiger charge is 2.05. The summed E-state index contributed by atoms with van der Waals surface area (Å²) in [5.74, 6) is 0.759. The first-order chi connectivity index (χ1) is 9.10. The van der Waals surface area contributed by atoms with Gasteiger partial charge in [0.25, 0.3) is 0 Å². The van der Waals surface area contributed by atoms with Gasteiger partial charge in [-0.2, -0.15) is 0 Å². The number of aromatic nitrogens is 1. The fourth-order valence-electron chi connectivity index (χ4n) is 1.52. The van der Waals surface area contributed by atoms with E-state index in [1.54, 1.807) is 19.4 Å². The highest BCUT2D eigenvalue weighted by atomic mass is 79.9. The Hall–Kier alpha value is -0.780. The second-order valence-corrected chi connectivity index (χ2v) is 5.96. The van der Waals surface area contributed by atoms with E-state index in [2.05, 4.69) is 42.2 Å². The average Bonchev–Trinajstić information content (AvgIpc) is 2.39. The topological polar surface area (TPSA) is 34.1 Å². The van der Waals surface area contributed by atoms with Crippen LogP contribution in [-0.2, 0) is 6.54 Å². The summed E-state index contributed by atoms with van der Waals surface area (Å²) in [4.78, 5) is 4.33. The van der Waals surface area contributed by atoms with E-state index in [4.69, 9.17) is 16.3 Å². The molecule has 1 aromatic carbocycles. The van der Waals surface area contributed by atoms with Crippen molar-refractivity contribution in [1.82, 2.24) is 4.98 Å². The number of nitrogens with one attached hydrogen (secondary N) is 1. The highest BCUT2D eigenvalue weighted by Crippen LogP contribution is 2.28. The molecular weight excluding hydrogens is 395 g/mol. The molecule has 0 aliphatic rings. The minimum Gasteiger partial charge on any atom is -0.497 e. The van der Waals surface area contributed by atoms with Crippen molar-refractivity contribution in [3.8, 4) is 5.75 Å². The predicted octanol–water partition coefficient (Wildman–Crippen LogP) is 4.88. The number of halogens is 3. The molecule has 1 aromatic heterocycles. The summed E-state index contributed by atoms with van der Waals surface area (Å²) in [7, 11) is 1.62. The van der Waals surface area contributed by atoms with Crippen LogP contribution >= 0.6 is 43.5 Å². The minimum atomic E-state index is 0.570. The molecule has 0 saturated carbocycles. The van der Waals surface area contributed by atoms with Gasteiger partial charge in [-0.1, -0.05) is 11.6 Å². The number of nitrogens with zero attached hydrogens (tertiary/aromatic N) is 1. The van der Waals surface area contributed by atoms with Gasteiger partial charge in [-0.25, -0.2) is 0 Å². The van der Waals surface area contributed by atoms with Gasteiger partial charge < -0.3 is 10.1 Å². The molecular formula is C13H11Br2ClN2O. The van der Waals surface area contributed by atoms with Crippen LogP contribution in [0.5, 0.6) is 5.75 Å². The van der Waals surface area contributed by atoms with E-state index in [0.717, 1.165) is 26.1 Å². The lowest BCUT2D eigenvalue weighted by Crippen LogP contribution is -2.03. The second kappa shape index (κ2) is 6.59. The molecule has 0 spiro atoms. The molecule has 100 valence electrons. The molecule has 1 N–H and O–H groups in total. The SMILES string of the molecule is COc1ccc(Cl)c(NCc2ncc(Br)cc2Br)c1. The van der Waals surface area contributed by atoms with Crippen LogP contribution in [0.3, 0.4) is 0 Å². The summed E-state index contributed by atoms with van der Waals surface area (Å²) in [5, 5.41) is 3.89. The molecule has 0 atom stereocenters. The molecule has 0 bridgehead atoms. The van der Waals surface area contributed by atoms with Crippen LogP contribution in [-0.4, -0.2) is 12.1 Å². The summed E-state index contributed by atoms with van der Waals surface area (Å²) >= 11 is 13.0. The number of ether oxygens (including phenoxy) is 1. The maximum absolute atomic E-state index is 6.13. The summed E-state index contributed by atoms with van der Waals surface area (Å²) < 4.78 is 7.04. The van der Waals surface area contributed by atoms with Crippen molar-refractivity contribution >= 4 is 49.1 Å². The Kier molecular flexibility index (Phi) is 5.07. The third-order valence-corrected chi connectivity index (χ3v) is 3.95. The predicted molar refractivity (Wildman–Crippen MR) is 85.0 cm³/mol. The van der Waals surface area contributed by atoms with E-state index in [1.165, 1.54) is 0 Å². The van der Waals surface area contributed by atoms with Crippen LogP contribution in [0, 0.1) is 0 Å². The zero-order valence-electron chi connectivity index (χ0n) is 10.1. The van der Waals surface area contributed by atoms with Crippen LogP contribution in [0.4, 0.5) is 5.69 Å². The van der Waals surface area contributed by atoms with Gasteiger partial charge in [0.05, 0.1) is 30.1 Å². The number of anilines is 1. The van der Waals surface area contributed by atoms with E-state index >= 15 is 0 Å². The van der Waals surface area contributed by atoms with E-state index in [0.29, 0.717) is 11.6 Å². The van der Waals surface area contributed by atoms with Crippen molar-refractivity contribution in [3.05, 3.63) is 50.1 Å². The molecule has 0 radical (unpaired) electrons. The normalized spacial score (nSPS) is 10.3. The summed E-state index contributed by atoms with van der Waals surface area (Å²) in [6, 6.07) is 7.43. The number of benzene rings is 1. The molecule has 0 unspecified atom stereocenters. The van der Waals surface area contributed by atoms with Gasteiger partial charge in [0, 0.05) is 21.2 Å². The summed E-state index contributed by atoms with van der Waals surface area (Å²) in [5.41, 5.74) is 1.72. The van der Waals surface area contributed by atoms with Gasteiger partial charge >= 0.3 is 0 Å². The van der Waals surface area contributed by atoms with Crippen molar-refractivity contribution in [2.75, 3.05) is 12.4 Å². The number of rotatable bonds is 4. The molecule has 1 heterocycles. The van der Waals surface area contributed by atoms with Crippen molar-refractivity contribution in [1.29, 1.82) is 0 Å². The van der Waals surface area contributed by atoms with Gasteiger partial charge in [-0.15, -0.1) is 0 Å². The van der Waals surface area contributed by atoms with Gasteiger partial charge in [0.15, 0.2) is 0 Å². The number of hydrogen-bond donors (Lipinski definition) is 1. The van der Waals surface area contributed by atoms with E-state index < -0.39 is 0 Å². The third kappa shape index (κ3) is 3.84. The van der Waals surface area contributed by atoms with Crippen LogP contribution in [0.1, 0.15) is 5.69 Å². The first-order valence-corrected chi connectivity index (χ1v) is 7.44. The van der Waals surface area contributed by atoms with Crippen molar-refractivity contribution < 1.29 is 4.74 Å². The lowest BCUT2D eigenvalue weighted by atomic mass is 10.3. The third-order valence-electron chi connectivity index (χ3n) is 2.50. The minimum absolute atomic E-state index is 0.570. The zero-order chi connectivity index (χ0) is 13.8. The maximum atomic E-state index is 6.13. The molecule has 3 nitrogen and oxygen atoms in total. The number of pyridine rings is 1. The molecule has 0 saturated heterocycles. The molecule has 6 heteroatoms. The largest absolute Gasteiger partial charge is 0.497 e. The Morgan fingerprint density at radius 3 is 2.79 bits per heavy atom. The van der Waals surface area contributed by atoms with Gasteiger partial charge in [-0.3, -0.25) is 4.98 Å². The Balaban J connectivity index is 2.14. The molecule has 0 fully saturated rings. The quantitative estimate of drug-likeness (QED) is 0.786. The van der Waals surface area contributed by atoms with Crippen LogP contribution in [0.25, 0.3) is 0 Å². The monoisotopic (exact) mass is 404 g/mol. The summed E-state index contributed by atoms with van der Waals surface area (Å²) in [6.45, 7) is 0.570. The Labute approximate surface area is 133 Å². The number of hydrogen-bond acceptors (Lipinski definition) is 3. The molecule has 0 aliphatic carbocycles.